The zero-order chi connectivity index (χ0) is 12.9. The Morgan fingerprint density at radius 1 is 1.35 bits per heavy atom. The van der Waals surface area contributed by atoms with Crippen LogP contribution < -0.4 is 0 Å². The van der Waals surface area contributed by atoms with Gasteiger partial charge in [0.1, 0.15) is 0 Å². The lowest BCUT2D eigenvalue weighted by Crippen LogP contribution is -2.48. The van der Waals surface area contributed by atoms with Crippen molar-refractivity contribution >= 4 is 11.9 Å². The molecule has 4 nitrogen and oxygen atoms in total. The molecule has 1 saturated heterocycles. The summed E-state index contributed by atoms with van der Waals surface area (Å²) in [4.78, 5) is 24.8. The van der Waals surface area contributed by atoms with Crippen molar-refractivity contribution in [2.75, 3.05) is 13.1 Å². The van der Waals surface area contributed by atoms with Crippen LogP contribution in [0.4, 0.5) is 0 Å². The molecule has 1 unspecified atom stereocenters. The standard InChI is InChI=1S/C13H23NO3/c1-3-4-5-7-11(15)14-9-6-8-13(2,10-14)12(16)17/h3-10H2,1-2H3,(H,16,17). The molecular formula is C13H23NO3. The molecule has 1 rings (SSSR count). The molecule has 1 aliphatic heterocycles. The molecule has 0 radical (unpaired) electrons. The second-order valence-electron chi connectivity index (χ2n) is 5.24. The van der Waals surface area contributed by atoms with E-state index in [9.17, 15) is 14.7 Å². The number of carboxylic acid groups (broad SMARTS) is 1. The predicted octanol–water partition coefficient (Wildman–Crippen LogP) is 2.28. The topological polar surface area (TPSA) is 57.6 Å². The molecular weight excluding hydrogens is 218 g/mol. The van der Waals surface area contributed by atoms with E-state index in [0.717, 1.165) is 25.7 Å². The van der Waals surface area contributed by atoms with Gasteiger partial charge in [-0.15, -0.1) is 0 Å². The first-order chi connectivity index (χ1) is 7.99. The lowest BCUT2D eigenvalue weighted by Gasteiger charge is -2.37. The van der Waals surface area contributed by atoms with Gasteiger partial charge in [0, 0.05) is 19.5 Å². The fraction of sp³-hybridized carbons (Fsp3) is 0.846. The van der Waals surface area contributed by atoms with E-state index in [1.165, 1.54) is 0 Å². The number of amides is 1. The number of carbonyl (C=O) groups excluding carboxylic acids is 1. The molecule has 98 valence electrons. The monoisotopic (exact) mass is 241 g/mol. The number of hydrogen-bond donors (Lipinski definition) is 1. The Hall–Kier alpha value is -1.06. The number of unbranched alkanes of at least 4 members (excludes halogenated alkanes) is 2. The van der Waals surface area contributed by atoms with Crippen molar-refractivity contribution in [1.29, 1.82) is 0 Å². The molecule has 1 atom stereocenters. The fourth-order valence-electron chi connectivity index (χ4n) is 2.31. The van der Waals surface area contributed by atoms with Crippen LogP contribution in [-0.2, 0) is 9.59 Å². The Morgan fingerprint density at radius 3 is 2.65 bits per heavy atom. The summed E-state index contributed by atoms with van der Waals surface area (Å²) in [5, 5.41) is 9.17. The predicted molar refractivity (Wildman–Crippen MR) is 65.7 cm³/mol. The number of aliphatic carboxylic acids is 1. The van der Waals surface area contributed by atoms with Crippen LogP contribution in [0.1, 0.15) is 52.4 Å². The van der Waals surface area contributed by atoms with Crippen LogP contribution in [-0.4, -0.2) is 35.0 Å². The number of nitrogens with zero attached hydrogens (tertiary/aromatic N) is 1. The fourth-order valence-corrected chi connectivity index (χ4v) is 2.31. The molecule has 0 aromatic carbocycles. The molecule has 1 amide bonds. The van der Waals surface area contributed by atoms with Crippen LogP contribution in [0.2, 0.25) is 0 Å². The van der Waals surface area contributed by atoms with Crippen LogP contribution in [0, 0.1) is 5.41 Å². The van der Waals surface area contributed by atoms with Gasteiger partial charge in [0.2, 0.25) is 5.91 Å². The highest BCUT2D eigenvalue weighted by Crippen LogP contribution is 2.30. The van der Waals surface area contributed by atoms with Crippen molar-refractivity contribution in [3.63, 3.8) is 0 Å². The molecule has 0 aromatic rings. The van der Waals surface area contributed by atoms with Gasteiger partial charge in [-0.05, 0) is 26.2 Å². The van der Waals surface area contributed by atoms with Gasteiger partial charge in [-0.3, -0.25) is 9.59 Å². The molecule has 17 heavy (non-hydrogen) atoms. The molecule has 0 saturated carbocycles. The van der Waals surface area contributed by atoms with E-state index >= 15 is 0 Å². The molecule has 0 spiro atoms. The normalized spacial score (nSPS) is 24.7. The minimum Gasteiger partial charge on any atom is -0.481 e. The largest absolute Gasteiger partial charge is 0.481 e. The third-order valence-electron chi connectivity index (χ3n) is 3.56. The molecule has 0 aliphatic carbocycles. The third kappa shape index (κ3) is 3.72. The number of carboxylic acids is 1. The maximum atomic E-state index is 11.9. The third-order valence-corrected chi connectivity index (χ3v) is 3.56. The average molecular weight is 241 g/mol. The van der Waals surface area contributed by atoms with E-state index in [0.29, 0.717) is 25.9 Å². The van der Waals surface area contributed by atoms with Gasteiger partial charge in [-0.1, -0.05) is 19.8 Å². The SMILES string of the molecule is CCCCCC(=O)N1CCCC(C)(C(=O)O)C1. The van der Waals surface area contributed by atoms with Gasteiger partial charge in [-0.25, -0.2) is 0 Å². The summed E-state index contributed by atoms with van der Waals surface area (Å²) in [6.07, 6.45) is 5.10. The summed E-state index contributed by atoms with van der Waals surface area (Å²) in [5.41, 5.74) is -0.751. The van der Waals surface area contributed by atoms with Crippen LogP contribution in [0.3, 0.4) is 0 Å². The maximum Gasteiger partial charge on any atom is 0.311 e. The number of hydrogen-bond acceptors (Lipinski definition) is 2. The van der Waals surface area contributed by atoms with Crippen LogP contribution in [0.5, 0.6) is 0 Å². The van der Waals surface area contributed by atoms with Gasteiger partial charge < -0.3 is 10.0 Å². The Morgan fingerprint density at radius 2 is 2.06 bits per heavy atom. The zero-order valence-electron chi connectivity index (χ0n) is 10.9. The van der Waals surface area contributed by atoms with E-state index in [1.807, 2.05) is 0 Å². The van der Waals surface area contributed by atoms with Crippen molar-refractivity contribution in [2.45, 2.75) is 52.4 Å². The average Bonchev–Trinajstić information content (AvgIpc) is 2.29. The lowest BCUT2D eigenvalue weighted by atomic mass is 9.82. The number of carbonyl (C=O) groups is 2. The Balaban J connectivity index is 2.49. The first-order valence-corrected chi connectivity index (χ1v) is 6.51. The van der Waals surface area contributed by atoms with Crippen molar-refractivity contribution in [2.24, 2.45) is 5.41 Å². The minimum absolute atomic E-state index is 0.116. The summed E-state index contributed by atoms with van der Waals surface area (Å²) in [6, 6.07) is 0. The lowest BCUT2D eigenvalue weighted by molar-refractivity contribution is -0.153. The van der Waals surface area contributed by atoms with Gasteiger partial charge in [0.05, 0.1) is 5.41 Å². The van der Waals surface area contributed by atoms with Crippen LogP contribution in [0.25, 0.3) is 0 Å². The van der Waals surface area contributed by atoms with E-state index in [4.69, 9.17) is 0 Å². The maximum absolute atomic E-state index is 11.9. The summed E-state index contributed by atoms with van der Waals surface area (Å²) in [6.45, 7) is 4.93. The van der Waals surface area contributed by atoms with Gasteiger partial charge in [-0.2, -0.15) is 0 Å². The van der Waals surface area contributed by atoms with Crippen LogP contribution >= 0.6 is 0 Å². The Labute approximate surface area is 103 Å². The molecule has 1 heterocycles. The molecule has 1 N–H and O–H groups in total. The number of likely N-dealkylation sites (tertiary alicyclic amines) is 1. The summed E-state index contributed by atoms with van der Waals surface area (Å²) in [7, 11) is 0. The molecule has 1 fully saturated rings. The van der Waals surface area contributed by atoms with Gasteiger partial charge in [0.25, 0.3) is 0 Å². The molecule has 0 bridgehead atoms. The summed E-state index contributed by atoms with van der Waals surface area (Å²) in [5.74, 6) is -0.672. The zero-order valence-corrected chi connectivity index (χ0v) is 10.9. The number of rotatable bonds is 5. The quantitative estimate of drug-likeness (QED) is 0.751. The molecule has 4 heteroatoms. The van der Waals surface area contributed by atoms with Crippen LogP contribution in [0.15, 0.2) is 0 Å². The molecule has 0 aromatic heterocycles. The van der Waals surface area contributed by atoms with Gasteiger partial charge in [0.15, 0.2) is 0 Å². The summed E-state index contributed by atoms with van der Waals surface area (Å²) < 4.78 is 0. The first-order valence-electron chi connectivity index (χ1n) is 6.51. The minimum atomic E-state index is -0.788. The highest BCUT2D eigenvalue weighted by atomic mass is 16.4. The molecule has 1 aliphatic rings. The Bertz CT molecular complexity index is 290. The smallest absolute Gasteiger partial charge is 0.311 e. The highest BCUT2D eigenvalue weighted by Gasteiger charge is 2.39. The van der Waals surface area contributed by atoms with Gasteiger partial charge >= 0.3 is 5.97 Å². The van der Waals surface area contributed by atoms with E-state index in [2.05, 4.69) is 6.92 Å². The van der Waals surface area contributed by atoms with Crippen molar-refractivity contribution in [3.05, 3.63) is 0 Å². The van der Waals surface area contributed by atoms with Crippen molar-refractivity contribution in [1.82, 2.24) is 4.90 Å². The van der Waals surface area contributed by atoms with Crippen molar-refractivity contribution in [3.8, 4) is 0 Å². The number of piperidine rings is 1. The Kier molecular flexibility index (Phi) is 4.97. The summed E-state index contributed by atoms with van der Waals surface area (Å²) >= 11 is 0. The van der Waals surface area contributed by atoms with E-state index in [-0.39, 0.29) is 5.91 Å². The van der Waals surface area contributed by atoms with Crippen molar-refractivity contribution < 1.29 is 14.7 Å². The second-order valence-corrected chi connectivity index (χ2v) is 5.24. The van der Waals surface area contributed by atoms with E-state index < -0.39 is 11.4 Å². The first kappa shape index (κ1) is 14.0. The second kappa shape index (κ2) is 6.03. The highest BCUT2D eigenvalue weighted by molar-refractivity contribution is 5.79. The van der Waals surface area contributed by atoms with E-state index in [1.54, 1.807) is 11.8 Å².